The highest BCUT2D eigenvalue weighted by Crippen LogP contribution is 1.98. The van der Waals surface area contributed by atoms with Gasteiger partial charge in [-0.1, -0.05) is 0 Å². The van der Waals surface area contributed by atoms with Gasteiger partial charge >= 0.3 is 5.97 Å². The quantitative estimate of drug-likeness (QED) is 0.610. The van der Waals surface area contributed by atoms with E-state index in [0.29, 0.717) is 19.6 Å². The fourth-order valence-electron chi connectivity index (χ4n) is 1.29. The maximum atomic E-state index is 11.3. The molecule has 0 aromatic heterocycles. The molecule has 1 heterocycles. The molecule has 0 unspecified atom stereocenters. The average Bonchev–Trinajstić information content (AvgIpc) is 2.27. The number of amides is 1. The zero-order chi connectivity index (χ0) is 9.68. The number of nitrogens with one attached hydrogen (secondary N) is 1. The molecule has 74 valence electrons. The molecule has 5 heteroatoms. The van der Waals surface area contributed by atoms with Crippen LogP contribution in [0, 0.1) is 0 Å². The van der Waals surface area contributed by atoms with Crippen LogP contribution in [0.4, 0.5) is 0 Å². The lowest BCUT2D eigenvalue weighted by Gasteiger charge is -2.18. The largest absolute Gasteiger partial charge is 0.481 e. The molecule has 5 nitrogen and oxygen atoms in total. The summed E-state index contributed by atoms with van der Waals surface area (Å²) in [6.45, 7) is 2.16. The van der Waals surface area contributed by atoms with Crippen molar-refractivity contribution in [3.63, 3.8) is 0 Å². The Bertz CT molecular complexity index is 206. The molecule has 2 N–H and O–H groups in total. The fourth-order valence-corrected chi connectivity index (χ4v) is 1.29. The van der Waals surface area contributed by atoms with Gasteiger partial charge in [-0.25, -0.2) is 0 Å². The van der Waals surface area contributed by atoms with E-state index in [4.69, 9.17) is 5.11 Å². The SMILES string of the molecule is O=C(O)CCN1CCCNCC1=O. The van der Waals surface area contributed by atoms with Crippen molar-refractivity contribution < 1.29 is 14.7 Å². The predicted octanol–water partition coefficient (Wildman–Crippen LogP) is -0.717. The predicted molar refractivity (Wildman–Crippen MR) is 46.3 cm³/mol. The first-order chi connectivity index (χ1) is 6.20. The smallest absolute Gasteiger partial charge is 0.305 e. The standard InChI is InChI=1S/C8H14N2O3/c11-7-6-9-3-1-4-10(7)5-2-8(12)13/h9H,1-6H2,(H,12,13). The molecule has 0 aromatic rings. The van der Waals surface area contributed by atoms with Gasteiger partial charge in [-0.05, 0) is 13.0 Å². The monoisotopic (exact) mass is 186 g/mol. The van der Waals surface area contributed by atoms with Crippen LogP contribution in [0.15, 0.2) is 0 Å². The highest BCUT2D eigenvalue weighted by molar-refractivity contribution is 5.79. The van der Waals surface area contributed by atoms with Crippen LogP contribution in [-0.2, 0) is 9.59 Å². The zero-order valence-electron chi connectivity index (χ0n) is 7.45. The first-order valence-electron chi connectivity index (χ1n) is 4.40. The van der Waals surface area contributed by atoms with E-state index in [0.717, 1.165) is 13.0 Å². The van der Waals surface area contributed by atoms with Gasteiger partial charge in [-0.3, -0.25) is 9.59 Å². The second-order valence-corrected chi connectivity index (χ2v) is 3.05. The fraction of sp³-hybridized carbons (Fsp3) is 0.750. The molecule has 0 atom stereocenters. The summed E-state index contributed by atoms with van der Waals surface area (Å²) in [6.07, 6.45) is 0.928. The molecule has 0 radical (unpaired) electrons. The molecule has 0 bridgehead atoms. The van der Waals surface area contributed by atoms with E-state index in [2.05, 4.69) is 5.32 Å². The normalized spacial score (nSPS) is 18.5. The van der Waals surface area contributed by atoms with Gasteiger partial charge in [0.05, 0.1) is 13.0 Å². The Morgan fingerprint density at radius 3 is 3.08 bits per heavy atom. The molecule has 0 aromatic carbocycles. The van der Waals surface area contributed by atoms with Gasteiger partial charge in [0.15, 0.2) is 0 Å². The Hall–Kier alpha value is -1.10. The van der Waals surface area contributed by atoms with Crippen LogP contribution in [0.1, 0.15) is 12.8 Å². The van der Waals surface area contributed by atoms with Crippen LogP contribution in [0.2, 0.25) is 0 Å². The third-order valence-electron chi connectivity index (χ3n) is 2.01. The minimum absolute atomic E-state index is 0.00116. The van der Waals surface area contributed by atoms with E-state index < -0.39 is 5.97 Å². The van der Waals surface area contributed by atoms with Crippen molar-refractivity contribution in [1.82, 2.24) is 10.2 Å². The summed E-state index contributed by atoms with van der Waals surface area (Å²) in [7, 11) is 0. The van der Waals surface area contributed by atoms with Crippen LogP contribution >= 0.6 is 0 Å². The number of carboxylic acids is 1. The number of carboxylic acid groups (broad SMARTS) is 1. The number of carbonyl (C=O) groups is 2. The minimum Gasteiger partial charge on any atom is -0.481 e. The van der Waals surface area contributed by atoms with E-state index >= 15 is 0 Å². The lowest BCUT2D eigenvalue weighted by Crippen LogP contribution is -2.36. The van der Waals surface area contributed by atoms with E-state index in [1.165, 1.54) is 0 Å². The van der Waals surface area contributed by atoms with E-state index in [1.807, 2.05) is 0 Å². The number of aliphatic carboxylic acids is 1. The molecule has 1 aliphatic heterocycles. The van der Waals surface area contributed by atoms with Crippen LogP contribution in [0.3, 0.4) is 0 Å². The van der Waals surface area contributed by atoms with Crippen LogP contribution in [0.5, 0.6) is 0 Å². The van der Waals surface area contributed by atoms with Gasteiger partial charge in [0.2, 0.25) is 5.91 Å². The molecule has 0 aliphatic carbocycles. The Morgan fingerprint density at radius 2 is 2.38 bits per heavy atom. The summed E-state index contributed by atoms with van der Waals surface area (Å²) in [5.74, 6) is -0.858. The van der Waals surface area contributed by atoms with E-state index in [-0.39, 0.29) is 12.3 Å². The summed E-state index contributed by atoms with van der Waals surface area (Å²) in [6, 6.07) is 0. The van der Waals surface area contributed by atoms with Gasteiger partial charge in [-0.2, -0.15) is 0 Å². The summed E-state index contributed by atoms with van der Waals surface area (Å²) in [5.41, 5.74) is 0. The summed E-state index contributed by atoms with van der Waals surface area (Å²) >= 11 is 0. The molecule has 0 saturated carbocycles. The molecule has 0 spiro atoms. The van der Waals surface area contributed by atoms with Gasteiger partial charge in [0.1, 0.15) is 0 Å². The molecule has 13 heavy (non-hydrogen) atoms. The van der Waals surface area contributed by atoms with Gasteiger partial charge in [-0.15, -0.1) is 0 Å². The number of hydrogen-bond donors (Lipinski definition) is 2. The van der Waals surface area contributed by atoms with Crippen molar-refractivity contribution in [2.75, 3.05) is 26.2 Å². The number of hydrogen-bond acceptors (Lipinski definition) is 3. The molecule has 1 rings (SSSR count). The maximum absolute atomic E-state index is 11.3. The highest BCUT2D eigenvalue weighted by atomic mass is 16.4. The van der Waals surface area contributed by atoms with Crippen LogP contribution < -0.4 is 5.32 Å². The van der Waals surface area contributed by atoms with Gasteiger partial charge < -0.3 is 15.3 Å². The zero-order valence-corrected chi connectivity index (χ0v) is 7.45. The summed E-state index contributed by atoms with van der Waals surface area (Å²) in [4.78, 5) is 23.2. The third kappa shape index (κ3) is 3.42. The highest BCUT2D eigenvalue weighted by Gasteiger charge is 2.16. The molecule has 1 aliphatic rings. The Labute approximate surface area is 76.7 Å². The Kier molecular flexibility index (Phi) is 3.70. The van der Waals surface area contributed by atoms with Crippen molar-refractivity contribution in [1.29, 1.82) is 0 Å². The summed E-state index contributed by atoms with van der Waals surface area (Å²) < 4.78 is 0. The van der Waals surface area contributed by atoms with Crippen molar-refractivity contribution >= 4 is 11.9 Å². The van der Waals surface area contributed by atoms with Crippen LogP contribution in [0.25, 0.3) is 0 Å². The molecular weight excluding hydrogens is 172 g/mol. The van der Waals surface area contributed by atoms with Crippen molar-refractivity contribution in [3.05, 3.63) is 0 Å². The second kappa shape index (κ2) is 4.81. The number of nitrogens with zero attached hydrogens (tertiary/aromatic N) is 1. The maximum Gasteiger partial charge on any atom is 0.305 e. The first-order valence-corrected chi connectivity index (χ1v) is 4.40. The van der Waals surface area contributed by atoms with Crippen LogP contribution in [-0.4, -0.2) is 48.1 Å². The second-order valence-electron chi connectivity index (χ2n) is 3.05. The summed E-state index contributed by atoms with van der Waals surface area (Å²) in [5, 5.41) is 11.4. The first kappa shape index (κ1) is 9.98. The lowest BCUT2D eigenvalue weighted by atomic mass is 10.3. The van der Waals surface area contributed by atoms with Crippen molar-refractivity contribution in [2.24, 2.45) is 0 Å². The Morgan fingerprint density at radius 1 is 1.62 bits per heavy atom. The molecular formula is C8H14N2O3. The van der Waals surface area contributed by atoms with Crippen molar-refractivity contribution in [3.8, 4) is 0 Å². The lowest BCUT2D eigenvalue weighted by molar-refractivity contribution is -0.138. The number of carbonyl (C=O) groups excluding carboxylic acids is 1. The number of rotatable bonds is 3. The molecule has 1 amide bonds. The minimum atomic E-state index is -0.856. The van der Waals surface area contributed by atoms with Gasteiger partial charge in [0.25, 0.3) is 0 Å². The average molecular weight is 186 g/mol. The van der Waals surface area contributed by atoms with Crippen molar-refractivity contribution in [2.45, 2.75) is 12.8 Å². The topological polar surface area (TPSA) is 69.6 Å². The molecule has 1 saturated heterocycles. The molecule has 1 fully saturated rings. The van der Waals surface area contributed by atoms with Gasteiger partial charge in [0, 0.05) is 13.1 Å². The van der Waals surface area contributed by atoms with E-state index in [1.54, 1.807) is 4.90 Å². The third-order valence-corrected chi connectivity index (χ3v) is 2.01. The van der Waals surface area contributed by atoms with E-state index in [9.17, 15) is 9.59 Å². The Balaban J connectivity index is 2.36.